The van der Waals surface area contributed by atoms with Gasteiger partial charge in [-0.15, -0.1) is 11.8 Å². The summed E-state index contributed by atoms with van der Waals surface area (Å²) >= 11 is 5.45. The number of thioether (sulfide) groups is 1. The summed E-state index contributed by atoms with van der Waals surface area (Å²) in [4.78, 5) is 1.28. The van der Waals surface area contributed by atoms with Crippen LogP contribution in [0, 0.1) is 5.92 Å². The number of rotatable bonds is 8. The van der Waals surface area contributed by atoms with E-state index in [1.54, 1.807) is 7.11 Å². The third kappa shape index (κ3) is 6.23. The van der Waals surface area contributed by atoms with E-state index < -0.39 is 0 Å². The summed E-state index contributed by atoms with van der Waals surface area (Å²) in [5, 5.41) is 3.45. The minimum absolute atomic E-state index is 0.692. The highest BCUT2D eigenvalue weighted by Gasteiger charge is 2.02. The van der Waals surface area contributed by atoms with Crippen molar-refractivity contribution in [1.82, 2.24) is 5.32 Å². The number of hydrogen-bond acceptors (Lipinski definition) is 3. The number of nitrogens with one attached hydrogen (secondary N) is 1. The van der Waals surface area contributed by atoms with Gasteiger partial charge in [-0.05, 0) is 46.1 Å². The maximum Gasteiger partial charge on any atom is 0.0556 e. The summed E-state index contributed by atoms with van der Waals surface area (Å²) in [6, 6.07) is 6.56. The van der Waals surface area contributed by atoms with E-state index in [1.165, 1.54) is 14.9 Å². The SMILES string of the molecule is COCCSc1ccc(CNCC(C)C)cc1Br. The Morgan fingerprint density at radius 2 is 2.17 bits per heavy atom. The van der Waals surface area contributed by atoms with Crippen LogP contribution in [0.3, 0.4) is 0 Å². The van der Waals surface area contributed by atoms with E-state index in [0.29, 0.717) is 5.92 Å². The first-order chi connectivity index (χ1) is 8.63. The summed E-state index contributed by atoms with van der Waals surface area (Å²) in [5.41, 5.74) is 1.32. The van der Waals surface area contributed by atoms with Crippen LogP contribution in [0.25, 0.3) is 0 Å². The average Bonchev–Trinajstić information content (AvgIpc) is 2.31. The molecule has 0 heterocycles. The molecule has 1 N–H and O–H groups in total. The minimum Gasteiger partial charge on any atom is -0.384 e. The standard InChI is InChI=1S/C14H22BrNOS/c1-11(2)9-16-10-12-4-5-14(13(15)8-12)18-7-6-17-3/h4-5,8,11,16H,6-7,9-10H2,1-3H3. The lowest BCUT2D eigenvalue weighted by Crippen LogP contribution is -2.18. The summed E-state index contributed by atoms with van der Waals surface area (Å²) in [7, 11) is 1.74. The molecule has 0 unspecified atom stereocenters. The lowest BCUT2D eigenvalue weighted by molar-refractivity contribution is 0.218. The first-order valence-corrected chi connectivity index (χ1v) is 8.02. The maximum absolute atomic E-state index is 5.06. The molecule has 18 heavy (non-hydrogen) atoms. The molecule has 0 spiro atoms. The van der Waals surface area contributed by atoms with Gasteiger partial charge < -0.3 is 10.1 Å². The van der Waals surface area contributed by atoms with Crippen LogP contribution in [0.15, 0.2) is 27.6 Å². The molecule has 0 fully saturated rings. The Bertz CT molecular complexity index is 358. The third-order valence-corrected chi connectivity index (χ3v) is 4.38. The number of hydrogen-bond donors (Lipinski definition) is 1. The maximum atomic E-state index is 5.06. The predicted octanol–water partition coefficient (Wildman–Crippen LogP) is 3.93. The van der Waals surface area contributed by atoms with E-state index in [4.69, 9.17) is 4.74 Å². The van der Waals surface area contributed by atoms with E-state index in [-0.39, 0.29) is 0 Å². The number of ether oxygens (including phenoxy) is 1. The van der Waals surface area contributed by atoms with Crippen LogP contribution in [0.4, 0.5) is 0 Å². The van der Waals surface area contributed by atoms with Crippen LogP contribution < -0.4 is 5.32 Å². The van der Waals surface area contributed by atoms with Gasteiger partial charge in [0.2, 0.25) is 0 Å². The van der Waals surface area contributed by atoms with Crippen LogP contribution in [0.5, 0.6) is 0 Å². The molecule has 4 heteroatoms. The molecular formula is C14H22BrNOS. The highest BCUT2D eigenvalue weighted by atomic mass is 79.9. The zero-order chi connectivity index (χ0) is 13.4. The lowest BCUT2D eigenvalue weighted by Gasteiger charge is -2.09. The molecule has 0 atom stereocenters. The van der Waals surface area contributed by atoms with Crippen molar-refractivity contribution in [2.75, 3.05) is 26.0 Å². The zero-order valence-corrected chi connectivity index (χ0v) is 13.7. The second-order valence-electron chi connectivity index (χ2n) is 4.63. The van der Waals surface area contributed by atoms with Crippen molar-refractivity contribution in [3.05, 3.63) is 28.2 Å². The molecular weight excluding hydrogens is 310 g/mol. The molecule has 0 amide bonds. The molecule has 0 saturated heterocycles. The third-order valence-electron chi connectivity index (χ3n) is 2.42. The molecule has 102 valence electrons. The number of benzene rings is 1. The first kappa shape index (κ1) is 16.0. The lowest BCUT2D eigenvalue weighted by atomic mass is 10.2. The Hall–Kier alpha value is -0.0300. The monoisotopic (exact) mass is 331 g/mol. The summed E-state index contributed by atoms with van der Waals surface area (Å²) in [5.74, 6) is 1.68. The molecule has 0 radical (unpaired) electrons. The molecule has 0 aliphatic carbocycles. The predicted molar refractivity (Wildman–Crippen MR) is 83.3 cm³/mol. The summed E-state index contributed by atoms with van der Waals surface area (Å²) < 4.78 is 6.23. The van der Waals surface area contributed by atoms with Gasteiger partial charge in [0.1, 0.15) is 0 Å². The number of methoxy groups -OCH3 is 1. The highest BCUT2D eigenvalue weighted by Crippen LogP contribution is 2.28. The smallest absolute Gasteiger partial charge is 0.0556 e. The van der Waals surface area contributed by atoms with Gasteiger partial charge in [0, 0.05) is 28.8 Å². The fraction of sp³-hybridized carbons (Fsp3) is 0.571. The Labute approximate surface area is 123 Å². The first-order valence-electron chi connectivity index (χ1n) is 6.24. The van der Waals surface area contributed by atoms with E-state index in [0.717, 1.165) is 25.4 Å². The molecule has 0 aliphatic heterocycles. The second kappa shape index (κ2) is 8.97. The van der Waals surface area contributed by atoms with Gasteiger partial charge in [0.05, 0.1) is 6.61 Å². The van der Waals surface area contributed by atoms with Crippen molar-refractivity contribution < 1.29 is 4.74 Å². The van der Waals surface area contributed by atoms with Gasteiger partial charge in [0.15, 0.2) is 0 Å². The summed E-state index contributed by atoms with van der Waals surface area (Å²) in [6.07, 6.45) is 0. The van der Waals surface area contributed by atoms with Gasteiger partial charge in [-0.2, -0.15) is 0 Å². The molecule has 1 aromatic carbocycles. The van der Waals surface area contributed by atoms with Crippen LogP contribution in [0.1, 0.15) is 19.4 Å². The highest BCUT2D eigenvalue weighted by molar-refractivity contribution is 9.10. The Morgan fingerprint density at radius 3 is 2.78 bits per heavy atom. The Balaban J connectivity index is 2.45. The Morgan fingerprint density at radius 1 is 1.39 bits per heavy atom. The van der Waals surface area contributed by atoms with Crippen LogP contribution in [0.2, 0.25) is 0 Å². The van der Waals surface area contributed by atoms with E-state index in [9.17, 15) is 0 Å². The molecule has 0 aromatic heterocycles. The summed E-state index contributed by atoms with van der Waals surface area (Å²) in [6.45, 7) is 7.22. The van der Waals surface area contributed by atoms with Crippen molar-refractivity contribution >= 4 is 27.7 Å². The van der Waals surface area contributed by atoms with Crippen LogP contribution >= 0.6 is 27.7 Å². The van der Waals surface area contributed by atoms with Gasteiger partial charge in [-0.25, -0.2) is 0 Å². The van der Waals surface area contributed by atoms with E-state index >= 15 is 0 Å². The van der Waals surface area contributed by atoms with Crippen molar-refractivity contribution in [2.45, 2.75) is 25.3 Å². The Kier molecular flexibility index (Phi) is 7.98. The molecule has 2 nitrogen and oxygen atoms in total. The largest absolute Gasteiger partial charge is 0.384 e. The van der Waals surface area contributed by atoms with Crippen molar-refractivity contribution in [1.29, 1.82) is 0 Å². The zero-order valence-electron chi connectivity index (χ0n) is 11.3. The van der Waals surface area contributed by atoms with Gasteiger partial charge in [0.25, 0.3) is 0 Å². The van der Waals surface area contributed by atoms with Gasteiger partial charge in [-0.3, -0.25) is 0 Å². The molecule has 1 rings (SSSR count). The van der Waals surface area contributed by atoms with E-state index in [2.05, 4.69) is 53.3 Å². The normalized spacial score (nSPS) is 11.2. The van der Waals surface area contributed by atoms with Crippen molar-refractivity contribution in [3.8, 4) is 0 Å². The van der Waals surface area contributed by atoms with Crippen molar-refractivity contribution in [2.24, 2.45) is 5.92 Å². The molecule has 0 bridgehead atoms. The van der Waals surface area contributed by atoms with E-state index in [1.807, 2.05) is 11.8 Å². The fourth-order valence-corrected chi connectivity index (χ4v) is 3.11. The van der Waals surface area contributed by atoms with Gasteiger partial charge in [-0.1, -0.05) is 19.9 Å². The minimum atomic E-state index is 0.692. The van der Waals surface area contributed by atoms with Crippen LogP contribution in [-0.2, 0) is 11.3 Å². The fourth-order valence-electron chi connectivity index (χ4n) is 1.51. The topological polar surface area (TPSA) is 21.3 Å². The molecule has 0 saturated carbocycles. The van der Waals surface area contributed by atoms with Crippen LogP contribution in [-0.4, -0.2) is 26.0 Å². The van der Waals surface area contributed by atoms with Gasteiger partial charge >= 0.3 is 0 Å². The number of halogens is 1. The molecule has 0 aliphatic rings. The molecule has 1 aromatic rings. The quantitative estimate of drug-likeness (QED) is 0.576. The average molecular weight is 332 g/mol. The second-order valence-corrected chi connectivity index (χ2v) is 6.62. The van der Waals surface area contributed by atoms with Crippen molar-refractivity contribution in [3.63, 3.8) is 0 Å².